The van der Waals surface area contributed by atoms with Crippen molar-refractivity contribution in [3.63, 3.8) is 0 Å². The molecule has 0 N–H and O–H groups in total. The van der Waals surface area contributed by atoms with Crippen molar-refractivity contribution < 1.29 is 0 Å². The van der Waals surface area contributed by atoms with Crippen molar-refractivity contribution in [2.45, 2.75) is 5.25 Å². The molecular weight excluding hydrogens is 246 g/mol. The normalized spacial score (nSPS) is 9.20. The summed E-state index contributed by atoms with van der Waals surface area (Å²) in [6.07, 6.45) is 0. The Hall–Kier alpha value is -0.480. The topological polar surface area (TPSA) is 71.4 Å². The summed E-state index contributed by atoms with van der Waals surface area (Å²) < 4.78 is 0. The van der Waals surface area contributed by atoms with Crippen LogP contribution in [0.25, 0.3) is 0 Å². The highest BCUT2D eigenvalue weighted by molar-refractivity contribution is 8.05. The van der Waals surface area contributed by atoms with Gasteiger partial charge in [0.25, 0.3) is 0 Å². The van der Waals surface area contributed by atoms with Gasteiger partial charge in [0.05, 0.1) is 35.5 Å². The molecule has 0 saturated carbocycles. The quantitative estimate of drug-likeness (QED) is 0.620. The van der Waals surface area contributed by atoms with Gasteiger partial charge in [0.15, 0.2) is 0 Å². The van der Waals surface area contributed by atoms with E-state index in [-0.39, 0.29) is 0 Å². The molecule has 0 spiro atoms. The maximum absolute atomic E-state index is 8.47. The third-order valence-electron chi connectivity index (χ3n) is 1.32. The molecule has 0 aromatic heterocycles. The van der Waals surface area contributed by atoms with Crippen molar-refractivity contribution >= 4 is 35.3 Å². The summed E-state index contributed by atoms with van der Waals surface area (Å²) in [5.74, 6) is 3.21. The van der Waals surface area contributed by atoms with E-state index in [0.717, 1.165) is 11.5 Å². The van der Waals surface area contributed by atoms with E-state index in [1.165, 1.54) is 0 Å². The van der Waals surface area contributed by atoms with Crippen LogP contribution in [0.1, 0.15) is 0 Å². The Morgan fingerprint density at radius 3 is 1.67 bits per heavy atom. The Morgan fingerprint density at radius 1 is 0.800 bits per heavy atom. The van der Waals surface area contributed by atoms with E-state index in [1.54, 1.807) is 35.3 Å². The summed E-state index contributed by atoms with van der Waals surface area (Å²) >= 11 is 4.77. The first-order valence-corrected chi connectivity index (χ1v) is 7.59. The largest absolute Gasteiger partial charge is 0.197 e. The first kappa shape index (κ1) is 14.5. The monoisotopic (exact) mass is 257 g/mol. The van der Waals surface area contributed by atoms with Crippen LogP contribution in [-0.2, 0) is 0 Å². The highest BCUT2D eigenvalue weighted by atomic mass is 32.2. The fraction of sp³-hybridized carbons (Fsp3) is 0.667. The summed E-state index contributed by atoms with van der Waals surface area (Å²) in [6, 6.07) is 6.25. The number of thioether (sulfide) groups is 3. The molecule has 0 aliphatic rings. The molecule has 0 aliphatic heterocycles. The molecule has 0 aliphatic carbocycles. The first-order valence-electron chi connectivity index (χ1n) is 4.23. The number of hydrogen-bond acceptors (Lipinski definition) is 6. The predicted octanol–water partition coefficient (Wildman–Crippen LogP) is 2.13. The van der Waals surface area contributed by atoms with Crippen LogP contribution in [0.5, 0.6) is 0 Å². The molecule has 6 heteroatoms. The van der Waals surface area contributed by atoms with E-state index >= 15 is 0 Å². The van der Waals surface area contributed by atoms with Gasteiger partial charge in [-0.05, 0) is 0 Å². The molecule has 0 rings (SSSR count). The van der Waals surface area contributed by atoms with Gasteiger partial charge in [-0.2, -0.15) is 15.8 Å². The molecule has 0 bridgehead atoms. The van der Waals surface area contributed by atoms with Crippen molar-refractivity contribution in [1.29, 1.82) is 15.8 Å². The maximum Gasteiger partial charge on any atom is 0.0811 e. The Kier molecular flexibility index (Phi) is 11.2. The first-order chi connectivity index (χ1) is 7.35. The molecule has 3 nitrogen and oxygen atoms in total. The molecule has 0 heterocycles. The van der Waals surface area contributed by atoms with Gasteiger partial charge >= 0.3 is 0 Å². The van der Waals surface area contributed by atoms with Crippen LogP contribution in [0, 0.1) is 34.0 Å². The number of hydrogen-bond donors (Lipinski definition) is 0. The standard InChI is InChI=1S/C9H11N3S3/c10-1-4-13-7-9(15-6-3-12)8-14-5-2-11/h9H,4-8H2. The maximum atomic E-state index is 8.47. The van der Waals surface area contributed by atoms with E-state index in [4.69, 9.17) is 15.8 Å². The Balaban J connectivity index is 3.70. The van der Waals surface area contributed by atoms with Gasteiger partial charge in [-0.3, -0.25) is 0 Å². The lowest BCUT2D eigenvalue weighted by molar-refractivity contribution is 1.15. The lowest BCUT2D eigenvalue weighted by atomic mass is 10.5. The van der Waals surface area contributed by atoms with Crippen LogP contribution >= 0.6 is 35.3 Å². The van der Waals surface area contributed by atoms with Gasteiger partial charge in [-0.15, -0.1) is 35.3 Å². The minimum atomic E-state index is 0.362. The number of nitriles is 3. The third-order valence-corrected chi connectivity index (χ3v) is 4.79. The second-order valence-corrected chi connectivity index (χ2v) is 5.79. The average molecular weight is 257 g/mol. The molecule has 0 radical (unpaired) electrons. The van der Waals surface area contributed by atoms with E-state index in [0.29, 0.717) is 22.5 Å². The summed E-state index contributed by atoms with van der Waals surface area (Å²) in [5.41, 5.74) is 0. The fourth-order valence-electron chi connectivity index (χ4n) is 0.771. The van der Waals surface area contributed by atoms with Crippen LogP contribution in [0.4, 0.5) is 0 Å². The van der Waals surface area contributed by atoms with E-state index < -0.39 is 0 Å². The summed E-state index contributed by atoms with van der Waals surface area (Å²) in [6.45, 7) is 0. The molecule has 15 heavy (non-hydrogen) atoms. The average Bonchev–Trinajstić information content (AvgIpc) is 2.25. The van der Waals surface area contributed by atoms with Crippen LogP contribution in [0.3, 0.4) is 0 Å². The van der Waals surface area contributed by atoms with Gasteiger partial charge in [-0.25, -0.2) is 0 Å². The zero-order valence-corrected chi connectivity index (χ0v) is 10.6. The van der Waals surface area contributed by atoms with Gasteiger partial charge in [0.2, 0.25) is 0 Å². The minimum absolute atomic E-state index is 0.362. The molecule has 0 aromatic carbocycles. The fourth-order valence-corrected chi connectivity index (χ4v) is 3.76. The molecular formula is C9H11N3S3. The second kappa shape index (κ2) is 11.6. The zero-order chi connectivity index (χ0) is 11.4. The Morgan fingerprint density at radius 2 is 1.27 bits per heavy atom. The number of rotatable bonds is 8. The molecule has 0 saturated heterocycles. The Labute approximate surface area is 103 Å². The van der Waals surface area contributed by atoms with Crippen LogP contribution in [0.15, 0.2) is 0 Å². The smallest absolute Gasteiger partial charge is 0.0811 e. The molecule has 0 unspecified atom stereocenters. The minimum Gasteiger partial charge on any atom is -0.197 e. The molecule has 0 atom stereocenters. The van der Waals surface area contributed by atoms with Crippen LogP contribution in [0.2, 0.25) is 0 Å². The van der Waals surface area contributed by atoms with Gasteiger partial charge in [0.1, 0.15) is 0 Å². The van der Waals surface area contributed by atoms with Crippen molar-refractivity contribution in [2.24, 2.45) is 0 Å². The predicted molar refractivity (Wildman–Crippen MR) is 67.7 cm³/mol. The van der Waals surface area contributed by atoms with Crippen LogP contribution < -0.4 is 0 Å². The molecule has 0 fully saturated rings. The van der Waals surface area contributed by atoms with E-state index in [9.17, 15) is 0 Å². The lowest BCUT2D eigenvalue weighted by Gasteiger charge is -2.12. The highest BCUT2D eigenvalue weighted by Gasteiger charge is 2.09. The van der Waals surface area contributed by atoms with E-state index in [1.807, 2.05) is 0 Å². The lowest BCUT2D eigenvalue weighted by Crippen LogP contribution is -2.11. The van der Waals surface area contributed by atoms with Crippen molar-refractivity contribution in [1.82, 2.24) is 0 Å². The van der Waals surface area contributed by atoms with Gasteiger partial charge < -0.3 is 0 Å². The zero-order valence-electron chi connectivity index (χ0n) is 8.18. The highest BCUT2D eigenvalue weighted by Crippen LogP contribution is 2.20. The van der Waals surface area contributed by atoms with Gasteiger partial charge in [-0.1, -0.05) is 0 Å². The Bertz CT molecular complexity index is 254. The summed E-state index contributed by atoms with van der Waals surface area (Å²) in [7, 11) is 0. The molecule has 0 aromatic rings. The van der Waals surface area contributed by atoms with Gasteiger partial charge in [0, 0.05) is 16.8 Å². The van der Waals surface area contributed by atoms with Crippen molar-refractivity contribution in [2.75, 3.05) is 28.8 Å². The van der Waals surface area contributed by atoms with Crippen LogP contribution in [-0.4, -0.2) is 34.0 Å². The molecule has 80 valence electrons. The summed E-state index contributed by atoms with van der Waals surface area (Å²) in [4.78, 5) is 0. The third kappa shape index (κ3) is 9.82. The summed E-state index contributed by atoms with van der Waals surface area (Å²) in [5, 5.41) is 25.6. The van der Waals surface area contributed by atoms with E-state index in [2.05, 4.69) is 18.2 Å². The molecule has 0 amide bonds. The van der Waals surface area contributed by atoms with Crippen molar-refractivity contribution in [3.8, 4) is 18.2 Å². The SMILES string of the molecule is N#CCSCC(CSCC#N)SCC#N. The second-order valence-electron chi connectivity index (χ2n) is 2.44. The van der Waals surface area contributed by atoms with Crippen molar-refractivity contribution in [3.05, 3.63) is 0 Å². The number of nitrogens with zero attached hydrogens (tertiary/aromatic N) is 3.